The molecule has 0 spiro atoms. The predicted molar refractivity (Wildman–Crippen MR) is 52.9 cm³/mol. The van der Waals surface area contributed by atoms with Crippen LogP contribution in [0.5, 0.6) is 5.75 Å². The van der Waals surface area contributed by atoms with Crippen LogP contribution in [0.1, 0.15) is 12.5 Å². The Labute approximate surface area is 83.6 Å². The lowest BCUT2D eigenvalue weighted by atomic mass is 10.2. The van der Waals surface area contributed by atoms with E-state index in [2.05, 4.69) is 6.07 Å². The van der Waals surface area contributed by atoms with Crippen molar-refractivity contribution in [2.75, 3.05) is 6.61 Å². The Morgan fingerprint density at radius 1 is 1.43 bits per heavy atom. The normalized spacial score (nSPS) is 11.8. The minimum atomic E-state index is -0.464. The first kappa shape index (κ1) is 10.6. The monoisotopic (exact) mass is 191 g/mol. The molecule has 0 saturated heterocycles. The van der Waals surface area contributed by atoms with Gasteiger partial charge in [0.05, 0.1) is 18.6 Å². The SMILES string of the molecule is C[C@@H](O)COc1ccc(CC#N)cc1. The van der Waals surface area contributed by atoms with E-state index in [0.29, 0.717) is 12.2 Å². The summed E-state index contributed by atoms with van der Waals surface area (Å²) in [5.74, 6) is 0.715. The van der Waals surface area contributed by atoms with Gasteiger partial charge in [-0.25, -0.2) is 0 Å². The molecule has 1 N–H and O–H groups in total. The summed E-state index contributed by atoms with van der Waals surface area (Å²) in [7, 11) is 0. The lowest BCUT2D eigenvalue weighted by Crippen LogP contribution is -2.12. The van der Waals surface area contributed by atoms with Crippen LogP contribution >= 0.6 is 0 Å². The van der Waals surface area contributed by atoms with Gasteiger partial charge in [-0.2, -0.15) is 5.26 Å². The Kier molecular flexibility index (Phi) is 3.96. The molecule has 74 valence electrons. The lowest BCUT2D eigenvalue weighted by molar-refractivity contribution is 0.122. The Hall–Kier alpha value is -1.53. The number of ether oxygens (including phenoxy) is 1. The van der Waals surface area contributed by atoms with Crippen LogP contribution in [0.4, 0.5) is 0 Å². The van der Waals surface area contributed by atoms with Crippen molar-refractivity contribution < 1.29 is 9.84 Å². The molecular formula is C11H13NO2. The number of nitrogens with zero attached hydrogens (tertiary/aromatic N) is 1. The van der Waals surface area contributed by atoms with Crippen LogP contribution in [-0.2, 0) is 6.42 Å². The van der Waals surface area contributed by atoms with Crippen molar-refractivity contribution in [2.24, 2.45) is 0 Å². The molecule has 14 heavy (non-hydrogen) atoms. The molecule has 0 aromatic heterocycles. The van der Waals surface area contributed by atoms with Crippen LogP contribution in [-0.4, -0.2) is 17.8 Å². The van der Waals surface area contributed by atoms with Crippen LogP contribution in [0.2, 0.25) is 0 Å². The number of benzene rings is 1. The lowest BCUT2D eigenvalue weighted by Gasteiger charge is -2.07. The third kappa shape index (κ3) is 3.46. The fraction of sp³-hybridized carbons (Fsp3) is 0.364. The first-order valence-electron chi connectivity index (χ1n) is 4.49. The fourth-order valence-corrected chi connectivity index (χ4v) is 1.01. The van der Waals surface area contributed by atoms with E-state index in [9.17, 15) is 0 Å². The Morgan fingerprint density at radius 2 is 2.07 bits per heavy atom. The van der Waals surface area contributed by atoms with Gasteiger partial charge in [0.2, 0.25) is 0 Å². The maximum atomic E-state index is 8.98. The van der Waals surface area contributed by atoms with Crippen molar-refractivity contribution in [3.05, 3.63) is 29.8 Å². The third-order valence-corrected chi connectivity index (χ3v) is 1.70. The van der Waals surface area contributed by atoms with Gasteiger partial charge in [0, 0.05) is 0 Å². The molecule has 0 bridgehead atoms. The minimum absolute atomic E-state index is 0.289. The van der Waals surface area contributed by atoms with Gasteiger partial charge in [0.1, 0.15) is 12.4 Å². The zero-order valence-electron chi connectivity index (χ0n) is 8.10. The Bertz CT molecular complexity index is 311. The number of hydrogen-bond acceptors (Lipinski definition) is 3. The molecule has 3 heteroatoms. The summed E-state index contributed by atoms with van der Waals surface area (Å²) >= 11 is 0. The van der Waals surface area contributed by atoms with Crippen molar-refractivity contribution in [3.8, 4) is 11.8 Å². The molecule has 0 fully saturated rings. The molecule has 0 aliphatic carbocycles. The number of nitriles is 1. The van der Waals surface area contributed by atoms with Crippen LogP contribution < -0.4 is 4.74 Å². The van der Waals surface area contributed by atoms with Crippen molar-refractivity contribution in [3.63, 3.8) is 0 Å². The van der Waals surface area contributed by atoms with Gasteiger partial charge in [-0.3, -0.25) is 0 Å². The highest BCUT2D eigenvalue weighted by Crippen LogP contribution is 2.12. The van der Waals surface area contributed by atoms with Gasteiger partial charge in [0.25, 0.3) is 0 Å². The van der Waals surface area contributed by atoms with E-state index in [1.807, 2.05) is 12.1 Å². The zero-order chi connectivity index (χ0) is 10.4. The number of rotatable bonds is 4. The summed E-state index contributed by atoms with van der Waals surface area (Å²) in [4.78, 5) is 0. The molecule has 1 aromatic rings. The summed E-state index contributed by atoms with van der Waals surface area (Å²) in [5, 5.41) is 17.4. The van der Waals surface area contributed by atoms with E-state index >= 15 is 0 Å². The van der Waals surface area contributed by atoms with Gasteiger partial charge in [-0.15, -0.1) is 0 Å². The van der Waals surface area contributed by atoms with Crippen LogP contribution in [0.25, 0.3) is 0 Å². The maximum Gasteiger partial charge on any atom is 0.119 e. The zero-order valence-corrected chi connectivity index (χ0v) is 8.10. The van der Waals surface area contributed by atoms with Crippen molar-refractivity contribution >= 4 is 0 Å². The van der Waals surface area contributed by atoms with Crippen molar-refractivity contribution in [1.29, 1.82) is 5.26 Å². The fourth-order valence-electron chi connectivity index (χ4n) is 1.01. The quantitative estimate of drug-likeness (QED) is 0.784. The molecular weight excluding hydrogens is 178 g/mol. The summed E-state index contributed by atoms with van der Waals surface area (Å²) in [6, 6.07) is 9.37. The third-order valence-electron chi connectivity index (χ3n) is 1.70. The second-order valence-corrected chi connectivity index (χ2v) is 3.14. The van der Waals surface area contributed by atoms with E-state index < -0.39 is 6.10 Å². The number of aliphatic hydroxyl groups is 1. The summed E-state index contributed by atoms with van der Waals surface area (Å²) in [6.07, 6.45) is -0.0507. The number of hydrogen-bond donors (Lipinski definition) is 1. The highest BCUT2D eigenvalue weighted by atomic mass is 16.5. The second-order valence-electron chi connectivity index (χ2n) is 3.14. The smallest absolute Gasteiger partial charge is 0.119 e. The largest absolute Gasteiger partial charge is 0.491 e. The molecule has 0 saturated carbocycles. The highest BCUT2D eigenvalue weighted by molar-refractivity contribution is 5.28. The van der Waals surface area contributed by atoms with E-state index in [0.717, 1.165) is 5.56 Å². The average molecular weight is 191 g/mol. The van der Waals surface area contributed by atoms with Crippen molar-refractivity contribution in [2.45, 2.75) is 19.4 Å². The molecule has 0 heterocycles. The molecule has 3 nitrogen and oxygen atoms in total. The summed E-state index contributed by atoms with van der Waals surface area (Å²) < 4.78 is 5.27. The molecule has 1 atom stereocenters. The molecule has 1 aromatic carbocycles. The van der Waals surface area contributed by atoms with Crippen molar-refractivity contribution in [1.82, 2.24) is 0 Å². The van der Waals surface area contributed by atoms with E-state index in [1.54, 1.807) is 19.1 Å². The average Bonchev–Trinajstić information content (AvgIpc) is 2.17. The highest BCUT2D eigenvalue weighted by Gasteiger charge is 1.98. The van der Waals surface area contributed by atoms with Gasteiger partial charge in [-0.1, -0.05) is 12.1 Å². The Balaban J connectivity index is 2.52. The van der Waals surface area contributed by atoms with Crippen LogP contribution in [0.3, 0.4) is 0 Å². The Morgan fingerprint density at radius 3 is 2.57 bits per heavy atom. The molecule has 0 amide bonds. The molecule has 0 aliphatic rings. The van der Waals surface area contributed by atoms with E-state index in [4.69, 9.17) is 15.1 Å². The molecule has 1 rings (SSSR count). The first-order chi connectivity index (χ1) is 6.72. The molecule has 0 unspecified atom stereocenters. The summed E-state index contributed by atoms with van der Waals surface area (Å²) in [6.45, 7) is 1.96. The van der Waals surface area contributed by atoms with E-state index in [1.165, 1.54) is 0 Å². The van der Waals surface area contributed by atoms with Gasteiger partial charge < -0.3 is 9.84 Å². The van der Waals surface area contributed by atoms with Crippen LogP contribution in [0, 0.1) is 11.3 Å². The second kappa shape index (κ2) is 5.25. The maximum absolute atomic E-state index is 8.98. The van der Waals surface area contributed by atoms with E-state index in [-0.39, 0.29) is 6.61 Å². The van der Waals surface area contributed by atoms with Gasteiger partial charge >= 0.3 is 0 Å². The topological polar surface area (TPSA) is 53.2 Å². The predicted octanol–water partition coefficient (Wildman–Crippen LogP) is 1.51. The molecule has 0 aliphatic heterocycles. The number of aliphatic hydroxyl groups excluding tert-OH is 1. The molecule has 0 radical (unpaired) electrons. The minimum Gasteiger partial charge on any atom is -0.491 e. The van der Waals surface area contributed by atoms with Gasteiger partial charge in [0.15, 0.2) is 0 Å². The van der Waals surface area contributed by atoms with Crippen LogP contribution in [0.15, 0.2) is 24.3 Å². The van der Waals surface area contributed by atoms with Gasteiger partial charge in [-0.05, 0) is 24.6 Å². The summed E-state index contributed by atoms with van der Waals surface area (Å²) in [5.41, 5.74) is 0.969. The standard InChI is InChI=1S/C11H13NO2/c1-9(13)8-14-11-4-2-10(3-5-11)6-7-12/h2-5,9,13H,6,8H2,1H3/t9-/m1/s1. The first-order valence-corrected chi connectivity index (χ1v) is 4.49.